The van der Waals surface area contributed by atoms with Gasteiger partial charge in [-0.3, -0.25) is 10.1 Å². The molecule has 4 aliphatic carbocycles. The van der Waals surface area contributed by atoms with Gasteiger partial charge in [-0.15, -0.1) is 0 Å². The van der Waals surface area contributed by atoms with Gasteiger partial charge in [-0.05, 0) is 87.6 Å². The molecular formula is C21H27N3O6S. The van der Waals surface area contributed by atoms with Gasteiger partial charge in [0.1, 0.15) is 0 Å². The third kappa shape index (κ3) is 4.74. The fourth-order valence-corrected chi connectivity index (χ4v) is 6.53. The second kappa shape index (κ2) is 8.23. The lowest BCUT2D eigenvalue weighted by atomic mass is 9.53. The van der Waals surface area contributed by atoms with Gasteiger partial charge in [0.15, 0.2) is 6.61 Å². The molecule has 0 aromatic heterocycles. The van der Waals surface area contributed by atoms with Gasteiger partial charge in [-0.25, -0.2) is 22.7 Å². The highest BCUT2D eigenvalue weighted by Crippen LogP contribution is 2.55. The molecule has 4 saturated carbocycles. The summed E-state index contributed by atoms with van der Waals surface area (Å²) in [6.45, 7) is -0.607. The summed E-state index contributed by atoms with van der Waals surface area (Å²) in [5.74, 6) is 0.489. The van der Waals surface area contributed by atoms with Crippen molar-refractivity contribution in [3.8, 4) is 0 Å². The zero-order valence-electron chi connectivity index (χ0n) is 17.3. The topological polar surface area (TPSA) is 131 Å². The van der Waals surface area contributed by atoms with E-state index in [1.54, 1.807) is 0 Å². The molecule has 3 amide bonds. The van der Waals surface area contributed by atoms with Crippen LogP contribution in [-0.4, -0.2) is 45.5 Å². The van der Waals surface area contributed by atoms with E-state index in [1.807, 2.05) is 0 Å². The van der Waals surface area contributed by atoms with Crippen molar-refractivity contribution < 1.29 is 27.5 Å². The molecule has 10 heteroatoms. The second-order valence-corrected chi connectivity index (χ2v) is 10.9. The molecule has 0 unspecified atom stereocenters. The van der Waals surface area contributed by atoms with E-state index in [4.69, 9.17) is 4.74 Å². The fourth-order valence-electron chi connectivity index (χ4n) is 5.80. The molecule has 1 aromatic carbocycles. The summed E-state index contributed by atoms with van der Waals surface area (Å²) in [5.41, 5.74) is -0.119. The Morgan fingerprint density at radius 1 is 1.00 bits per heavy atom. The first-order valence-corrected chi connectivity index (χ1v) is 12.0. The Balaban J connectivity index is 1.25. The van der Waals surface area contributed by atoms with Crippen LogP contribution < -0.4 is 15.4 Å². The monoisotopic (exact) mass is 449 g/mol. The van der Waals surface area contributed by atoms with Crippen molar-refractivity contribution in [3.63, 3.8) is 0 Å². The van der Waals surface area contributed by atoms with E-state index in [0.29, 0.717) is 17.8 Å². The van der Waals surface area contributed by atoms with Crippen molar-refractivity contribution >= 4 is 27.9 Å². The third-order valence-electron chi connectivity index (χ3n) is 6.67. The zero-order valence-corrected chi connectivity index (χ0v) is 18.2. The number of sulfonamides is 1. The number of carbonyl (C=O) groups is 3. The Kier molecular flexibility index (Phi) is 5.78. The molecule has 0 aliphatic heterocycles. The number of hydrogen-bond acceptors (Lipinski definition) is 6. The number of imide groups is 1. The van der Waals surface area contributed by atoms with Gasteiger partial charge < -0.3 is 10.1 Å². The maximum atomic E-state index is 12.4. The summed E-state index contributed by atoms with van der Waals surface area (Å²) < 4.78 is 30.5. The van der Waals surface area contributed by atoms with Crippen LogP contribution in [0.1, 0.15) is 48.9 Å². The first kappa shape index (κ1) is 21.8. The standard InChI is InChI=1S/C21H27N3O6S/c1-22-31(28,29)17-4-2-16(3-5-17)19(26)30-12-18(25)23-20(27)24-21-9-13-6-14(10-21)8-15(7-13)11-21/h2-5,13-15,22H,6-12H2,1H3,(H2,23,24,25,27). The van der Waals surface area contributed by atoms with Crippen LogP contribution in [-0.2, 0) is 19.6 Å². The van der Waals surface area contributed by atoms with Gasteiger partial charge in [-0.1, -0.05) is 0 Å². The average Bonchev–Trinajstić information content (AvgIpc) is 2.70. The highest BCUT2D eigenvalue weighted by molar-refractivity contribution is 7.89. The number of rotatable bonds is 6. The minimum absolute atomic E-state index is 0.00522. The quantitative estimate of drug-likeness (QED) is 0.565. The molecule has 9 nitrogen and oxygen atoms in total. The van der Waals surface area contributed by atoms with E-state index < -0.39 is 34.5 Å². The molecule has 0 radical (unpaired) electrons. The van der Waals surface area contributed by atoms with Crippen molar-refractivity contribution in [3.05, 3.63) is 29.8 Å². The van der Waals surface area contributed by atoms with Gasteiger partial charge in [0.25, 0.3) is 5.91 Å². The summed E-state index contributed by atoms with van der Waals surface area (Å²) in [5, 5.41) is 5.27. The van der Waals surface area contributed by atoms with Crippen LogP contribution >= 0.6 is 0 Å². The normalized spacial score (nSPS) is 28.7. The number of urea groups is 1. The molecule has 0 saturated heterocycles. The molecule has 5 rings (SSSR count). The summed E-state index contributed by atoms with van der Waals surface area (Å²) in [6.07, 6.45) is 6.65. The molecule has 4 fully saturated rings. The molecule has 4 aliphatic rings. The second-order valence-electron chi connectivity index (χ2n) is 9.01. The highest BCUT2D eigenvalue weighted by atomic mass is 32.2. The predicted octanol–water partition coefficient (Wildman–Crippen LogP) is 1.55. The lowest BCUT2D eigenvalue weighted by Gasteiger charge is -2.56. The number of nitrogens with one attached hydrogen (secondary N) is 3. The van der Waals surface area contributed by atoms with Crippen molar-refractivity contribution in [1.29, 1.82) is 0 Å². The first-order valence-electron chi connectivity index (χ1n) is 10.5. The number of carbonyl (C=O) groups excluding carboxylic acids is 3. The SMILES string of the molecule is CNS(=O)(=O)c1ccc(C(=O)OCC(=O)NC(=O)NC23CC4CC(CC(C4)C2)C3)cc1. The van der Waals surface area contributed by atoms with Crippen LogP contribution in [0, 0.1) is 17.8 Å². The van der Waals surface area contributed by atoms with Crippen molar-refractivity contribution in [2.24, 2.45) is 17.8 Å². The minimum Gasteiger partial charge on any atom is -0.452 e. The maximum Gasteiger partial charge on any atom is 0.338 e. The fraction of sp³-hybridized carbons (Fsp3) is 0.571. The van der Waals surface area contributed by atoms with Crippen molar-refractivity contribution in [1.82, 2.24) is 15.4 Å². The first-order chi connectivity index (χ1) is 14.7. The number of amides is 3. The van der Waals surface area contributed by atoms with Crippen molar-refractivity contribution in [2.45, 2.75) is 49.0 Å². The summed E-state index contributed by atoms with van der Waals surface area (Å²) in [6, 6.07) is 4.57. The molecule has 0 spiro atoms. The number of ether oxygens (including phenoxy) is 1. The Bertz CT molecular complexity index is 954. The average molecular weight is 450 g/mol. The molecule has 168 valence electrons. The van der Waals surface area contributed by atoms with Crippen LogP contribution in [0.5, 0.6) is 0 Å². The van der Waals surface area contributed by atoms with Gasteiger partial charge in [0.2, 0.25) is 10.0 Å². The predicted molar refractivity (Wildman–Crippen MR) is 111 cm³/mol. The van der Waals surface area contributed by atoms with E-state index in [9.17, 15) is 22.8 Å². The van der Waals surface area contributed by atoms with Crippen LogP contribution in [0.3, 0.4) is 0 Å². The Morgan fingerprint density at radius 3 is 2.06 bits per heavy atom. The number of hydrogen-bond donors (Lipinski definition) is 3. The number of esters is 1. The molecule has 31 heavy (non-hydrogen) atoms. The number of benzene rings is 1. The smallest absolute Gasteiger partial charge is 0.338 e. The summed E-state index contributed by atoms with van der Waals surface area (Å²) in [7, 11) is -2.32. The highest BCUT2D eigenvalue weighted by Gasteiger charge is 2.51. The van der Waals surface area contributed by atoms with E-state index in [1.165, 1.54) is 50.6 Å². The van der Waals surface area contributed by atoms with Crippen LogP contribution in [0.4, 0.5) is 4.79 Å². The largest absolute Gasteiger partial charge is 0.452 e. The van der Waals surface area contributed by atoms with E-state index >= 15 is 0 Å². The van der Waals surface area contributed by atoms with E-state index in [2.05, 4.69) is 15.4 Å². The Labute approximate surface area is 181 Å². The maximum absolute atomic E-state index is 12.4. The van der Waals surface area contributed by atoms with Gasteiger partial charge >= 0.3 is 12.0 Å². The lowest BCUT2D eigenvalue weighted by molar-refractivity contribution is -0.123. The minimum atomic E-state index is -3.61. The Hall–Kier alpha value is -2.46. The summed E-state index contributed by atoms with van der Waals surface area (Å²) in [4.78, 5) is 36.5. The van der Waals surface area contributed by atoms with Gasteiger partial charge in [-0.2, -0.15) is 0 Å². The lowest BCUT2D eigenvalue weighted by Crippen LogP contribution is -2.62. The molecule has 3 N–H and O–H groups in total. The van der Waals surface area contributed by atoms with Crippen LogP contribution in [0.2, 0.25) is 0 Å². The Morgan fingerprint density at radius 2 is 1.55 bits per heavy atom. The summed E-state index contributed by atoms with van der Waals surface area (Å²) >= 11 is 0. The molecule has 0 heterocycles. The van der Waals surface area contributed by atoms with E-state index in [-0.39, 0.29) is 16.0 Å². The third-order valence-corrected chi connectivity index (χ3v) is 8.10. The van der Waals surface area contributed by atoms with E-state index in [0.717, 1.165) is 19.3 Å². The van der Waals surface area contributed by atoms with Gasteiger partial charge in [0, 0.05) is 5.54 Å². The molecule has 1 aromatic rings. The van der Waals surface area contributed by atoms with Gasteiger partial charge in [0.05, 0.1) is 10.5 Å². The van der Waals surface area contributed by atoms with Crippen LogP contribution in [0.15, 0.2) is 29.2 Å². The zero-order chi connectivity index (χ0) is 22.2. The molecular weight excluding hydrogens is 422 g/mol. The van der Waals surface area contributed by atoms with Crippen LogP contribution in [0.25, 0.3) is 0 Å². The van der Waals surface area contributed by atoms with Crippen molar-refractivity contribution in [2.75, 3.05) is 13.7 Å². The molecule has 0 atom stereocenters. The molecule has 4 bridgehead atoms.